The van der Waals surface area contributed by atoms with Crippen LogP contribution in [0.1, 0.15) is 57.7 Å². The summed E-state index contributed by atoms with van der Waals surface area (Å²) < 4.78 is 6.13. The highest BCUT2D eigenvalue weighted by molar-refractivity contribution is 6.73. The Morgan fingerprint density at radius 1 is 1.07 bits per heavy atom. The zero-order valence-corrected chi connectivity index (χ0v) is 19.9. The van der Waals surface area contributed by atoms with Crippen molar-refractivity contribution >= 4 is 13.6 Å². The number of rotatable bonds is 4. The smallest absolute Gasteiger partial charge is 0.131 e. The highest BCUT2D eigenvalue weighted by atomic mass is 28.2. The van der Waals surface area contributed by atoms with Gasteiger partial charge in [0.05, 0.1) is 7.11 Å². The number of hydrogen-bond acceptors (Lipinski definition) is 1. The second-order valence-corrected chi connectivity index (χ2v) is 12.5. The van der Waals surface area contributed by atoms with Gasteiger partial charge in [-0.05, 0) is 46.8 Å². The summed E-state index contributed by atoms with van der Waals surface area (Å²) in [7, 11) is 1.28. The van der Waals surface area contributed by atoms with Crippen LogP contribution in [0.5, 0.6) is 5.75 Å². The first-order chi connectivity index (χ1) is 13.1. The van der Waals surface area contributed by atoms with Gasteiger partial charge in [-0.15, -0.1) is 0 Å². The van der Waals surface area contributed by atoms with Crippen LogP contribution in [0.4, 0.5) is 0 Å². The van der Waals surface area contributed by atoms with Crippen LogP contribution in [0.3, 0.4) is 0 Å². The van der Waals surface area contributed by atoms with E-state index in [1.807, 2.05) is 7.11 Å². The Kier molecular flexibility index (Phi) is 6.00. The monoisotopic (exact) mass is 392 g/mol. The average Bonchev–Trinajstić information content (AvgIpc) is 2.96. The van der Waals surface area contributed by atoms with Crippen LogP contribution in [0.15, 0.2) is 36.4 Å². The van der Waals surface area contributed by atoms with Crippen LogP contribution >= 0.6 is 0 Å². The Hall–Kier alpha value is -1.67. The molecule has 150 valence electrons. The molecule has 0 aliphatic heterocycles. The minimum atomic E-state index is -0.558. The summed E-state index contributed by atoms with van der Waals surface area (Å²) in [6, 6.07) is 13.4. The average molecular weight is 393 g/mol. The molecule has 0 bridgehead atoms. The van der Waals surface area contributed by atoms with Gasteiger partial charge in [-0.1, -0.05) is 89.3 Å². The molecular formula is C26H36OSi. The second-order valence-electron chi connectivity index (χ2n) is 9.93. The van der Waals surface area contributed by atoms with Crippen molar-refractivity contribution in [1.82, 2.24) is 0 Å². The number of methoxy groups -OCH3 is 1. The molecule has 0 saturated carbocycles. The lowest BCUT2D eigenvalue weighted by Crippen LogP contribution is -2.21. The van der Waals surface area contributed by atoms with Gasteiger partial charge in [0.15, 0.2) is 0 Å². The molecule has 2 aromatic carbocycles. The summed E-state index contributed by atoms with van der Waals surface area (Å²) >= 11 is 0. The third-order valence-corrected chi connectivity index (χ3v) is 7.61. The van der Waals surface area contributed by atoms with Crippen molar-refractivity contribution in [2.45, 2.75) is 66.0 Å². The van der Waals surface area contributed by atoms with E-state index in [2.05, 4.69) is 84.1 Å². The predicted octanol–water partition coefficient (Wildman–Crippen LogP) is 6.73. The molecule has 1 aliphatic carbocycles. The predicted molar refractivity (Wildman–Crippen MR) is 125 cm³/mol. The topological polar surface area (TPSA) is 9.23 Å². The maximum Gasteiger partial charge on any atom is 0.131 e. The Bertz CT molecular complexity index is 881. The quantitative estimate of drug-likeness (QED) is 0.524. The highest BCUT2D eigenvalue weighted by Gasteiger charge is 2.35. The minimum absolute atomic E-state index is 0.0480. The third kappa shape index (κ3) is 3.89. The second kappa shape index (κ2) is 7.98. The molecule has 0 fully saturated rings. The van der Waals surface area contributed by atoms with Gasteiger partial charge >= 0.3 is 0 Å². The van der Waals surface area contributed by atoms with Gasteiger partial charge < -0.3 is 4.74 Å². The van der Waals surface area contributed by atoms with Crippen LogP contribution in [0.2, 0.25) is 13.1 Å². The van der Waals surface area contributed by atoms with E-state index in [-0.39, 0.29) is 5.41 Å². The van der Waals surface area contributed by atoms with Crippen molar-refractivity contribution < 1.29 is 4.74 Å². The first-order valence-electron chi connectivity index (χ1n) is 10.6. The van der Waals surface area contributed by atoms with Gasteiger partial charge in [-0.25, -0.2) is 0 Å². The molecule has 0 aromatic heterocycles. The summed E-state index contributed by atoms with van der Waals surface area (Å²) in [6.07, 6.45) is 2.47. The summed E-state index contributed by atoms with van der Waals surface area (Å²) in [5.41, 5.74) is 7.05. The summed E-state index contributed by atoms with van der Waals surface area (Å²) in [6.45, 7) is 16.5. The van der Waals surface area contributed by atoms with Crippen molar-refractivity contribution in [3.05, 3.63) is 53.1 Å². The number of fused-ring (bicyclic) bond motifs is 1. The van der Waals surface area contributed by atoms with Crippen LogP contribution in [0.25, 0.3) is 11.1 Å². The zero-order valence-electron chi connectivity index (χ0n) is 18.9. The SMILES string of the molecule is COc1c(C(C)(C)C)cc2c(c1-c1ccccc1)C(=[Si](C)C)C(CC(C)C)C2. The Labute approximate surface area is 173 Å². The number of hydrogen-bond donors (Lipinski definition) is 0. The molecule has 0 N–H and O–H groups in total. The number of ether oxygens (including phenoxy) is 1. The van der Waals surface area contributed by atoms with Crippen LogP contribution < -0.4 is 4.74 Å². The van der Waals surface area contributed by atoms with Crippen molar-refractivity contribution in [2.24, 2.45) is 11.8 Å². The van der Waals surface area contributed by atoms with E-state index in [1.54, 1.807) is 5.17 Å². The maximum absolute atomic E-state index is 6.13. The molecule has 0 spiro atoms. The van der Waals surface area contributed by atoms with Gasteiger partial charge in [0.1, 0.15) is 5.75 Å². The largest absolute Gasteiger partial charge is 0.496 e. The van der Waals surface area contributed by atoms with Crippen molar-refractivity contribution in [2.75, 3.05) is 7.11 Å². The highest BCUT2D eigenvalue weighted by Crippen LogP contribution is 2.47. The molecule has 1 unspecified atom stereocenters. The van der Waals surface area contributed by atoms with Gasteiger partial charge in [-0.3, -0.25) is 0 Å². The summed E-state index contributed by atoms with van der Waals surface area (Å²) in [5, 5.41) is 1.73. The van der Waals surface area contributed by atoms with E-state index in [4.69, 9.17) is 4.74 Å². The fraction of sp³-hybridized carbons (Fsp3) is 0.500. The lowest BCUT2D eigenvalue weighted by molar-refractivity contribution is 0.399. The molecule has 1 aliphatic rings. The summed E-state index contributed by atoms with van der Waals surface area (Å²) in [5.74, 6) is 2.48. The van der Waals surface area contributed by atoms with E-state index < -0.39 is 8.41 Å². The van der Waals surface area contributed by atoms with Crippen molar-refractivity contribution in [1.29, 1.82) is 0 Å². The van der Waals surface area contributed by atoms with E-state index >= 15 is 0 Å². The zero-order chi connectivity index (χ0) is 20.6. The molecule has 1 atom stereocenters. The van der Waals surface area contributed by atoms with E-state index in [0.29, 0.717) is 5.92 Å². The summed E-state index contributed by atoms with van der Waals surface area (Å²) in [4.78, 5) is 0. The third-order valence-electron chi connectivity index (χ3n) is 5.87. The van der Waals surface area contributed by atoms with Crippen molar-refractivity contribution in [3.63, 3.8) is 0 Å². The molecule has 0 heterocycles. The molecule has 28 heavy (non-hydrogen) atoms. The fourth-order valence-electron chi connectivity index (χ4n) is 4.84. The van der Waals surface area contributed by atoms with Gasteiger partial charge in [0.25, 0.3) is 0 Å². The molecule has 0 amide bonds. The standard InChI is InChI=1S/C26H36OSi/c1-17(2)14-20-15-19-16-21(26(3,4)5)24(27-6)22(18-12-10-9-11-13-18)23(19)25(20)28(7)8/h9-13,16-17,20H,14-15H2,1-8H3. The van der Waals surface area contributed by atoms with E-state index in [0.717, 1.165) is 11.7 Å². The van der Waals surface area contributed by atoms with Crippen LogP contribution in [0, 0.1) is 11.8 Å². The van der Waals surface area contributed by atoms with Crippen LogP contribution in [-0.2, 0) is 11.8 Å². The first kappa shape index (κ1) is 21.0. The number of benzene rings is 2. The lowest BCUT2D eigenvalue weighted by Gasteiger charge is -2.27. The van der Waals surface area contributed by atoms with Crippen LogP contribution in [-0.4, -0.2) is 20.7 Å². The fourth-order valence-corrected chi connectivity index (χ4v) is 6.66. The molecule has 0 radical (unpaired) electrons. The molecule has 0 saturated heterocycles. The van der Waals surface area contributed by atoms with Gasteiger partial charge in [0.2, 0.25) is 0 Å². The Morgan fingerprint density at radius 2 is 1.71 bits per heavy atom. The molecule has 2 heteroatoms. The normalized spacial score (nSPS) is 16.5. The van der Waals surface area contributed by atoms with Gasteiger partial charge in [-0.2, -0.15) is 0 Å². The maximum atomic E-state index is 6.13. The molecule has 3 rings (SSSR count). The molecule has 1 nitrogen and oxygen atoms in total. The molecule has 2 aromatic rings. The van der Waals surface area contributed by atoms with E-state index in [1.165, 1.54) is 40.7 Å². The molecular weight excluding hydrogens is 356 g/mol. The van der Waals surface area contributed by atoms with E-state index in [9.17, 15) is 0 Å². The lowest BCUT2D eigenvalue weighted by atomic mass is 9.81. The Morgan fingerprint density at radius 3 is 2.21 bits per heavy atom. The van der Waals surface area contributed by atoms with Crippen molar-refractivity contribution in [3.8, 4) is 16.9 Å². The first-order valence-corrected chi connectivity index (χ1v) is 13.1. The minimum Gasteiger partial charge on any atom is -0.496 e. The van der Waals surface area contributed by atoms with Gasteiger partial charge in [0, 0.05) is 19.5 Å². The Balaban J connectivity index is 2.39.